The van der Waals surface area contributed by atoms with Gasteiger partial charge in [0.1, 0.15) is 13.2 Å². The zero-order valence-corrected chi connectivity index (χ0v) is 14.3. The number of benzene rings is 1. The minimum atomic E-state index is 0.317. The summed E-state index contributed by atoms with van der Waals surface area (Å²) in [5.41, 5.74) is 1.41. The van der Waals surface area contributed by atoms with Gasteiger partial charge in [0, 0.05) is 28.4 Å². The van der Waals surface area contributed by atoms with E-state index in [1.165, 1.54) is 12.2 Å². The van der Waals surface area contributed by atoms with Crippen molar-refractivity contribution >= 4 is 33.4 Å². The van der Waals surface area contributed by atoms with Crippen molar-refractivity contribution in [1.29, 1.82) is 0 Å². The highest BCUT2D eigenvalue weighted by Gasteiger charge is 2.33. The third kappa shape index (κ3) is 2.89. The molecule has 0 amide bonds. The van der Waals surface area contributed by atoms with Crippen LogP contribution in [0, 0.1) is 5.41 Å². The zero-order chi connectivity index (χ0) is 14.2. The quantitative estimate of drug-likeness (QED) is 0.860. The van der Waals surface area contributed by atoms with Crippen LogP contribution in [-0.4, -0.2) is 30.8 Å². The topological polar surface area (TPSA) is 30.5 Å². The molecular weight excluding hydrogens is 338 g/mol. The highest BCUT2D eigenvalue weighted by atomic mass is 79.9. The van der Waals surface area contributed by atoms with Crippen molar-refractivity contribution in [2.75, 3.05) is 30.0 Å². The van der Waals surface area contributed by atoms with E-state index in [2.05, 4.69) is 35.1 Å². The van der Waals surface area contributed by atoms with Gasteiger partial charge in [0.15, 0.2) is 11.5 Å². The molecule has 0 bridgehead atoms. The second kappa shape index (κ2) is 5.68. The Hall–Kier alpha value is -0.550. The van der Waals surface area contributed by atoms with Crippen LogP contribution in [0.2, 0.25) is 0 Å². The summed E-state index contributed by atoms with van der Waals surface area (Å²) in [6, 6.07) is 4.52. The molecule has 0 spiro atoms. The maximum atomic E-state index is 5.67. The first-order valence-corrected chi connectivity index (χ1v) is 8.94. The lowest BCUT2D eigenvalue weighted by molar-refractivity contribution is 0.171. The highest BCUT2D eigenvalue weighted by molar-refractivity contribution is 9.10. The van der Waals surface area contributed by atoms with Crippen LogP contribution in [0.5, 0.6) is 11.5 Å². The summed E-state index contributed by atoms with van der Waals surface area (Å²) in [5.74, 6) is 4.07. The molecule has 2 aliphatic rings. The average Bonchev–Trinajstić information content (AvgIpc) is 2.41. The van der Waals surface area contributed by atoms with Crippen molar-refractivity contribution in [1.82, 2.24) is 0 Å². The highest BCUT2D eigenvalue weighted by Crippen LogP contribution is 2.41. The fraction of sp³-hybridized carbons (Fsp3) is 0.600. The van der Waals surface area contributed by atoms with Crippen molar-refractivity contribution < 1.29 is 9.47 Å². The Labute approximate surface area is 132 Å². The first-order chi connectivity index (χ1) is 9.56. The van der Waals surface area contributed by atoms with E-state index in [9.17, 15) is 0 Å². The fourth-order valence-corrected chi connectivity index (χ4v) is 4.58. The van der Waals surface area contributed by atoms with Gasteiger partial charge in [-0.25, -0.2) is 0 Å². The lowest BCUT2D eigenvalue weighted by Gasteiger charge is -2.39. The second-order valence-corrected chi connectivity index (χ2v) is 7.99. The molecule has 0 radical (unpaired) electrons. The molecule has 5 heteroatoms. The van der Waals surface area contributed by atoms with E-state index in [1.54, 1.807) is 0 Å². The molecule has 1 unspecified atom stereocenters. The van der Waals surface area contributed by atoms with E-state index < -0.39 is 0 Å². The predicted molar refractivity (Wildman–Crippen MR) is 88.3 cm³/mol. The molecule has 1 aromatic carbocycles. The lowest BCUT2D eigenvalue weighted by atomic mass is 9.82. The third-order valence-corrected chi connectivity index (χ3v) is 5.80. The van der Waals surface area contributed by atoms with Gasteiger partial charge in [0.2, 0.25) is 0 Å². The molecule has 1 N–H and O–H groups in total. The predicted octanol–water partition coefficient (Wildman–Crippen LogP) is 4.16. The smallest absolute Gasteiger partial charge is 0.163 e. The number of hydrogen-bond acceptors (Lipinski definition) is 4. The van der Waals surface area contributed by atoms with E-state index in [4.69, 9.17) is 9.47 Å². The SMILES string of the molecule is CC1(C)CCSCC1Nc1cc2c(cc1Br)OCCO2. The number of hydrogen-bond donors (Lipinski definition) is 1. The van der Waals surface area contributed by atoms with Crippen LogP contribution in [-0.2, 0) is 0 Å². The van der Waals surface area contributed by atoms with Gasteiger partial charge in [-0.2, -0.15) is 11.8 Å². The summed E-state index contributed by atoms with van der Waals surface area (Å²) < 4.78 is 12.3. The Kier molecular flexibility index (Phi) is 4.09. The minimum Gasteiger partial charge on any atom is -0.486 e. The monoisotopic (exact) mass is 357 g/mol. The first-order valence-electron chi connectivity index (χ1n) is 7.00. The number of anilines is 1. The first kappa shape index (κ1) is 14.4. The molecule has 20 heavy (non-hydrogen) atoms. The molecule has 3 nitrogen and oxygen atoms in total. The summed E-state index contributed by atoms with van der Waals surface area (Å²) >= 11 is 5.66. The Morgan fingerprint density at radius 2 is 1.95 bits per heavy atom. The van der Waals surface area contributed by atoms with Gasteiger partial charge in [-0.1, -0.05) is 13.8 Å². The van der Waals surface area contributed by atoms with Crippen molar-refractivity contribution in [3.8, 4) is 11.5 Å². The van der Waals surface area contributed by atoms with E-state index in [0.717, 1.165) is 27.4 Å². The maximum Gasteiger partial charge on any atom is 0.163 e. The second-order valence-electron chi connectivity index (χ2n) is 5.99. The summed E-state index contributed by atoms with van der Waals surface area (Å²) in [7, 11) is 0. The molecule has 2 heterocycles. The summed E-state index contributed by atoms with van der Waals surface area (Å²) in [6.07, 6.45) is 1.25. The zero-order valence-electron chi connectivity index (χ0n) is 11.9. The Bertz CT molecular complexity index is 507. The summed E-state index contributed by atoms with van der Waals surface area (Å²) in [6.45, 7) is 5.93. The van der Waals surface area contributed by atoms with Crippen LogP contribution < -0.4 is 14.8 Å². The van der Waals surface area contributed by atoms with Gasteiger partial charge in [0.25, 0.3) is 0 Å². The Morgan fingerprint density at radius 3 is 2.65 bits per heavy atom. The molecule has 0 saturated carbocycles. The lowest BCUT2D eigenvalue weighted by Crippen LogP contribution is -2.41. The molecule has 2 aliphatic heterocycles. The van der Waals surface area contributed by atoms with Crippen molar-refractivity contribution in [2.45, 2.75) is 26.3 Å². The van der Waals surface area contributed by atoms with Crippen molar-refractivity contribution in [2.24, 2.45) is 5.41 Å². The molecular formula is C15H20BrNO2S. The van der Waals surface area contributed by atoms with Crippen LogP contribution >= 0.6 is 27.7 Å². The van der Waals surface area contributed by atoms with E-state index >= 15 is 0 Å². The van der Waals surface area contributed by atoms with Gasteiger partial charge in [-0.05, 0) is 33.5 Å². The number of rotatable bonds is 2. The number of thioether (sulfide) groups is 1. The van der Waals surface area contributed by atoms with Crippen LogP contribution in [0.4, 0.5) is 5.69 Å². The molecule has 0 aliphatic carbocycles. The number of fused-ring (bicyclic) bond motifs is 1. The average molecular weight is 358 g/mol. The molecule has 3 rings (SSSR count). The fourth-order valence-electron chi connectivity index (χ4n) is 2.54. The molecule has 1 fully saturated rings. The molecule has 1 atom stereocenters. The van der Waals surface area contributed by atoms with E-state index in [1.807, 2.05) is 23.9 Å². The Balaban J connectivity index is 1.83. The molecule has 110 valence electrons. The van der Waals surface area contributed by atoms with E-state index in [-0.39, 0.29) is 0 Å². The summed E-state index contributed by atoms with van der Waals surface area (Å²) in [5, 5.41) is 3.69. The van der Waals surface area contributed by atoms with Crippen LogP contribution in [0.25, 0.3) is 0 Å². The Morgan fingerprint density at radius 1 is 1.25 bits per heavy atom. The van der Waals surface area contributed by atoms with Gasteiger partial charge >= 0.3 is 0 Å². The standard InChI is InChI=1S/C15H20BrNO2S/c1-15(2)3-6-20-9-14(15)17-11-8-13-12(7-10(11)16)18-4-5-19-13/h7-8,14,17H,3-6,9H2,1-2H3. The molecule has 0 aromatic heterocycles. The molecule has 1 saturated heterocycles. The van der Waals surface area contributed by atoms with E-state index in [0.29, 0.717) is 24.7 Å². The van der Waals surface area contributed by atoms with Crippen LogP contribution in [0.15, 0.2) is 16.6 Å². The van der Waals surface area contributed by atoms with Crippen LogP contribution in [0.3, 0.4) is 0 Å². The number of ether oxygens (including phenoxy) is 2. The van der Waals surface area contributed by atoms with Crippen LogP contribution in [0.1, 0.15) is 20.3 Å². The van der Waals surface area contributed by atoms with Crippen molar-refractivity contribution in [3.05, 3.63) is 16.6 Å². The van der Waals surface area contributed by atoms with Crippen molar-refractivity contribution in [3.63, 3.8) is 0 Å². The van der Waals surface area contributed by atoms with Gasteiger partial charge in [-0.3, -0.25) is 0 Å². The molecule has 1 aromatic rings. The summed E-state index contributed by atoms with van der Waals surface area (Å²) in [4.78, 5) is 0. The largest absolute Gasteiger partial charge is 0.486 e. The van der Waals surface area contributed by atoms with Gasteiger partial charge in [0.05, 0.1) is 5.69 Å². The van der Waals surface area contributed by atoms with Gasteiger partial charge in [-0.15, -0.1) is 0 Å². The number of halogens is 1. The normalized spacial score (nSPS) is 24.2. The maximum absolute atomic E-state index is 5.67. The van der Waals surface area contributed by atoms with Gasteiger partial charge < -0.3 is 14.8 Å². The minimum absolute atomic E-state index is 0.317. The number of nitrogens with one attached hydrogen (secondary N) is 1. The third-order valence-electron chi connectivity index (χ3n) is 4.08.